The molecule has 0 fully saturated rings. The van der Waals surface area contributed by atoms with Crippen LogP contribution in [0.15, 0.2) is 30.3 Å². The SMILES string of the molecule is O=C(NCc1ccccc1O)c1cc(Cl)nnc1Cl. The van der Waals surface area contributed by atoms with Crippen LogP contribution in [0.3, 0.4) is 0 Å². The number of hydrogen-bond donors (Lipinski definition) is 2. The molecular weight excluding hydrogens is 289 g/mol. The van der Waals surface area contributed by atoms with E-state index < -0.39 is 5.91 Å². The highest BCUT2D eigenvalue weighted by Gasteiger charge is 2.13. The monoisotopic (exact) mass is 297 g/mol. The molecule has 1 amide bonds. The predicted molar refractivity (Wildman–Crippen MR) is 71.3 cm³/mol. The summed E-state index contributed by atoms with van der Waals surface area (Å²) in [5.74, 6) is -0.329. The van der Waals surface area contributed by atoms with Gasteiger partial charge in [0, 0.05) is 12.1 Å². The lowest BCUT2D eigenvalue weighted by Crippen LogP contribution is -2.23. The van der Waals surface area contributed by atoms with Crippen molar-refractivity contribution in [3.63, 3.8) is 0 Å². The van der Waals surface area contributed by atoms with Crippen molar-refractivity contribution in [1.29, 1.82) is 0 Å². The van der Waals surface area contributed by atoms with Gasteiger partial charge in [0.25, 0.3) is 5.91 Å². The number of halogens is 2. The Kier molecular flexibility index (Phi) is 4.19. The van der Waals surface area contributed by atoms with Crippen LogP contribution in [0.4, 0.5) is 0 Å². The quantitative estimate of drug-likeness (QED) is 0.912. The summed E-state index contributed by atoms with van der Waals surface area (Å²) in [5, 5.41) is 19.3. The Bertz CT molecular complexity index is 620. The number of phenols is 1. The van der Waals surface area contributed by atoms with Crippen LogP contribution in [0.2, 0.25) is 10.3 Å². The molecule has 1 aromatic heterocycles. The van der Waals surface area contributed by atoms with Crippen LogP contribution in [-0.4, -0.2) is 21.2 Å². The summed E-state index contributed by atoms with van der Waals surface area (Å²) in [4.78, 5) is 11.9. The molecule has 2 N–H and O–H groups in total. The highest BCUT2D eigenvalue weighted by atomic mass is 35.5. The number of benzene rings is 1. The van der Waals surface area contributed by atoms with Gasteiger partial charge in [0.1, 0.15) is 5.75 Å². The first-order chi connectivity index (χ1) is 9.08. The number of rotatable bonds is 3. The minimum absolute atomic E-state index is 0.0285. The number of nitrogens with one attached hydrogen (secondary N) is 1. The second-order valence-corrected chi connectivity index (χ2v) is 4.43. The lowest BCUT2D eigenvalue weighted by Gasteiger charge is -2.07. The molecule has 0 bridgehead atoms. The number of hydrogen-bond acceptors (Lipinski definition) is 4. The fourth-order valence-corrected chi connectivity index (χ4v) is 1.77. The number of aromatic nitrogens is 2. The maximum Gasteiger partial charge on any atom is 0.254 e. The summed E-state index contributed by atoms with van der Waals surface area (Å²) >= 11 is 11.4. The van der Waals surface area contributed by atoms with Crippen molar-refractivity contribution < 1.29 is 9.90 Å². The highest BCUT2D eigenvalue weighted by Crippen LogP contribution is 2.17. The van der Waals surface area contributed by atoms with Gasteiger partial charge in [-0.25, -0.2) is 0 Å². The van der Waals surface area contributed by atoms with Crippen molar-refractivity contribution in [2.24, 2.45) is 0 Å². The molecule has 0 unspecified atom stereocenters. The standard InChI is InChI=1S/C12H9Cl2N3O2/c13-10-5-8(11(14)17-16-10)12(19)15-6-7-3-1-2-4-9(7)18/h1-5,18H,6H2,(H,15,19). The van der Waals surface area contributed by atoms with Crippen LogP contribution in [0.25, 0.3) is 0 Å². The third kappa shape index (κ3) is 3.33. The molecule has 98 valence electrons. The van der Waals surface area contributed by atoms with Crippen LogP contribution in [0.5, 0.6) is 5.75 Å². The van der Waals surface area contributed by atoms with Crippen LogP contribution in [0.1, 0.15) is 15.9 Å². The Balaban J connectivity index is 2.10. The maximum absolute atomic E-state index is 11.9. The van der Waals surface area contributed by atoms with E-state index >= 15 is 0 Å². The van der Waals surface area contributed by atoms with Crippen LogP contribution in [-0.2, 0) is 6.54 Å². The first kappa shape index (κ1) is 13.6. The van der Waals surface area contributed by atoms with E-state index in [0.717, 1.165) is 0 Å². The van der Waals surface area contributed by atoms with Gasteiger partial charge in [0.15, 0.2) is 10.3 Å². The summed E-state index contributed by atoms with van der Waals surface area (Å²) in [6.45, 7) is 0.168. The van der Waals surface area contributed by atoms with E-state index in [1.807, 2.05) is 0 Å². The average Bonchev–Trinajstić information content (AvgIpc) is 2.40. The second-order valence-electron chi connectivity index (χ2n) is 3.68. The minimum Gasteiger partial charge on any atom is -0.508 e. The largest absolute Gasteiger partial charge is 0.508 e. The lowest BCUT2D eigenvalue weighted by molar-refractivity contribution is 0.0950. The second kappa shape index (κ2) is 5.86. The maximum atomic E-state index is 11.9. The van der Waals surface area contributed by atoms with Crippen LogP contribution >= 0.6 is 23.2 Å². The Labute approximate surface area is 119 Å². The number of carbonyl (C=O) groups excluding carboxylic acids is 1. The van der Waals surface area contributed by atoms with E-state index in [-0.39, 0.29) is 28.2 Å². The molecule has 1 heterocycles. The molecule has 0 saturated heterocycles. The summed E-state index contributed by atoms with van der Waals surface area (Å²) in [5.41, 5.74) is 0.733. The zero-order chi connectivity index (χ0) is 13.8. The lowest BCUT2D eigenvalue weighted by atomic mass is 10.2. The van der Waals surface area contributed by atoms with Gasteiger partial charge in [-0.15, -0.1) is 10.2 Å². The van der Waals surface area contributed by atoms with E-state index in [0.29, 0.717) is 5.56 Å². The van der Waals surface area contributed by atoms with Gasteiger partial charge in [-0.2, -0.15) is 0 Å². The summed E-state index contributed by atoms with van der Waals surface area (Å²) in [6, 6.07) is 8.04. The molecule has 5 nitrogen and oxygen atoms in total. The van der Waals surface area contributed by atoms with Gasteiger partial charge in [0.2, 0.25) is 0 Å². The summed E-state index contributed by atoms with van der Waals surface area (Å²) < 4.78 is 0. The fraction of sp³-hybridized carbons (Fsp3) is 0.0833. The zero-order valence-electron chi connectivity index (χ0n) is 9.60. The molecule has 0 spiro atoms. The Morgan fingerprint density at radius 2 is 2.00 bits per heavy atom. The van der Waals surface area contributed by atoms with E-state index in [1.54, 1.807) is 24.3 Å². The number of phenolic OH excluding ortho intramolecular Hbond substituents is 1. The third-order valence-electron chi connectivity index (χ3n) is 2.39. The number of carbonyl (C=O) groups is 1. The van der Waals surface area contributed by atoms with Gasteiger partial charge in [0.05, 0.1) is 5.56 Å². The van der Waals surface area contributed by atoms with E-state index in [4.69, 9.17) is 23.2 Å². The molecule has 2 aromatic rings. The van der Waals surface area contributed by atoms with Crippen molar-refractivity contribution >= 4 is 29.1 Å². The molecule has 0 aliphatic heterocycles. The van der Waals surface area contributed by atoms with Crippen LogP contribution < -0.4 is 5.32 Å². The normalized spacial score (nSPS) is 10.2. The average molecular weight is 298 g/mol. The van der Waals surface area contributed by atoms with E-state index in [1.165, 1.54) is 6.07 Å². The molecule has 0 aliphatic rings. The smallest absolute Gasteiger partial charge is 0.254 e. The Morgan fingerprint density at radius 3 is 2.74 bits per heavy atom. The van der Waals surface area contributed by atoms with Crippen molar-refractivity contribution in [3.05, 3.63) is 51.8 Å². The third-order valence-corrected chi connectivity index (χ3v) is 2.86. The molecule has 0 aliphatic carbocycles. The van der Waals surface area contributed by atoms with E-state index in [9.17, 15) is 9.90 Å². The topological polar surface area (TPSA) is 75.1 Å². The molecule has 1 aromatic carbocycles. The Morgan fingerprint density at radius 1 is 1.26 bits per heavy atom. The van der Waals surface area contributed by atoms with Gasteiger partial charge in [-0.3, -0.25) is 4.79 Å². The Hall–Kier alpha value is -1.85. The molecule has 2 rings (SSSR count). The first-order valence-electron chi connectivity index (χ1n) is 5.31. The number of para-hydroxylation sites is 1. The van der Waals surface area contributed by atoms with Gasteiger partial charge >= 0.3 is 0 Å². The van der Waals surface area contributed by atoms with Crippen molar-refractivity contribution in [2.75, 3.05) is 0 Å². The zero-order valence-corrected chi connectivity index (χ0v) is 11.1. The highest BCUT2D eigenvalue weighted by molar-refractivity contribution is 6.34. The molecule has 7 heteroatoms. The number of aromatic hydroxyl groups is 1. The molecule has 0 saturated carbocycles. The minimum atomic E-state index is -0.440. The van der Waals surface area contributed by atoms with Crippen LogP contribution in [0, 0.1) is 0 Å². The first-order valence-corrected chi connectivity index (χ1v) is 6.07. The molecule has 0 atom stereocenters. The van der Waals surface area contributed by atoms with Gasteiger partial charge in [-0.1, -0.05) is 41.4 Å². The van der Waals surface area contributed by atoms with Crippen molar-refractivity contribution in [3.8, 4) is 5.75 Å². The molecular formula is C12H9Cl2N3O2. The number of amides is 1. The summed E-state index contributed by atoms with van der Waals surface area (Å²) in [6.07, 6.45) is 0. The fourth-order valence-electron chi connectivity index (χ4n) is 1.44. The van der Waals surface area contributed by atoms with Gasteiger partial charge in [-0.05, 0) is 12.1 Å². The van der Waals surface area contributed by atoms with E-state index in [2.05, 4.69) is 15.5 Å². The predicted octanol–water partition coefficient (Wildman–Crippen LogP) is 2.42. The van der Waals surface area contributed by atoms with Gasteiger partial charge < -0.3 is 10.4 Å². The molecule has 19 heavy (non-hydrogen) atoms. The number of nitrogens with zero attached hydrogens (tertiary/aromatic N) is 2. The van der Waals surface area contributed by atoms with Crippen molar-refractivity contribution in [2.45, 2.75) is 6.54 Å². The molecule has 0 radical (unpaired) electrons. The van der Waals surface area contributed by atoms with Crippen molar-refractivity contribution in [1.82, 2.24) is 15.5 Å². The summed E-state index contributed by atoms with van der Waals surface area (Å²) in [7, 11) is 0.